The molecule has 0 aliphatic heterocycles. The van der Waals surface area contributed by atoms with Gasteiger partial charge in [-0.2, -0.15) is 0 Å². The quantitative estimate of drug-likeness (QED) is 0.791. The van der Waals surface area contributed by atoms with Crippen LogP contribution in [0.4, 0.5) is 10.5 Å². The Morgan fingerprint density at radius 1 is 1.17 bits per heavy atom. The van der Waals surface area contributed by atoms with E-state index in [0.717, 1.165) is 5.56 Å². The first-order valence-corrected chi connectivity index (χ1v) is 7.36. The van der Waals surface area contributed by atoms with Gasteiger partial charge in [-0.3, -0.25) is 5.32 Å². The molecule has 0 fully saturated rings. The van der Waals surface area contributed by atoms with E-state index in [2.05, 4.69) is 5.32 Å². The Bertz CT molecular complexity index is 601. The third-order valence-electron chi connectivity index (χ3n) is 3.53. The summed E-state index contributed by atoms with van der Waals surface area (Å²) in [5.74, 6) is -1.29. The van der Waals surface area contributed by atoms with Gasteiger partial charge in [0.05, 0.1) is 0 Å². The predicted molar refractivity (Wildman–Crippen MR) is 87.7 cm³/mol. The number of ether oxygens (including phenoxy) is 1. The van der Waals surface area contributed by atoms with Crippen LogP contribution in [0.5, 0.6) is 0 Å². The minimum Gasteiger partial charge on any atom is -0.479 e. The molecule has 0 radical (unpaired) electrons. The van der Waals surface area contributed by atoms with Crippen LogP contribution in [0.25, 0.3) is 0 Å². The lowest BCUT2D eigenvalue weighted by atomic mass is 9.79. The van der Waals surface area contributed by atoms with Gasteiger partial charge in [-0.25, -0.2) is 9.59 Å². The molecule has 128 valence electrons. The van der Waals surface area contributed by atoms with Gasteiger partial charge in [0.15, 0.2) is 6.10 Å². The number of carboxylic acid groups (broad SMARTS) is 1. The molecule has 1 unspecified atom stereocenters. The lowest BCUT2D eigenvalue weighted by Gasteiger charge is -2.29. The molecule has 0 aliphatic carbocycles. The normalized spacial score (nSPS) is 13.3. The van der Waals surface area contributed by atoms with Gasteiger partial charge in [0.2, 0.25) is 0 Å². The number of nitrogens with one attached hydrogen (secondary N) is 1. The van der Waals surface area contributed by atoms with Crippen molar-refractivity contribution in [1.29, 1.82) is 0 Å². The number of hydrogen-bond acceptors (Lipinski definition) is 4. The second-order valence-corrected chi connectivity index (χ2v) is 7.12. The monoisotopic (exact) mass is 323 g/mol. The topological polar surface area (TPSA) is 95.9 Å². The number of rotatable bonds is 4. The number of carbonyl (C=O) groups is 2. The first-order chi connectivity index (χ1) is 10.3. The summed E-state index contributed by atoms with van der Waals surface area (Å²) in [6, 6.07) is 5.16. The van der Waals surface area contributed by atoms with E-state index in [0.29, 0.717) is 11.3 Å². The molecule has 0 aromatic heterocycles. The third kappa shape index (κ3) is 4.96. The molecule has 3 N–H and O–H groups in total. The number of carbonyl (C=O) groups excluding carboxylic acids is 1. The highest BCUT2D eigenvalue weighted by Crippen LogP contribution is 2.31. The van der Waals surface area contributed by atoms with Crippen LogP contribution < -0.4 is 5.32 Å². The second kappa shape index (κ2) is 6.58. The fourth-order valence-corrected chi connectivity index (χ4v) is 2.04. The highest BCUT2D eigenvalue weighted by molar-refractivity contribution is 5.86. The fourth-order valence-electron chi connectivity index (χ4n) is 2.04. The number of anilines is 1. The van der Waals surface area contributed by atoms with Crippen LogP contribution in [-0.4, -0.2) is 34.0 Å². The molecule has 0 spiro atoms. The van der Waals surface area contributed by atoms with Gasteiger partial charge in [-0.1, -0.05) is 26.0 Å². The summed E-state index contributed by atoms with van der Waals surface area (Å²) >= 11 is 0. The molecule has 0 bridgehead atoms. The van der Waals surface area contributed by atoms with Crippen LogP contribution >= 0.6 is 0 Å². The summed E-state index contributed by atoms with van der Waals surface area (Å²) in [6.45, 7) is 10.4. The summed E-state index contributed by atoms with van der Waals surface area (Å²) in [6.07, 6.45) is -2.14. The first kappa shape index (κ1) is 19.0. The van der Waals surface area contributed by atoms with Gasteiger partial charge in [-0.15, -0.1) is 0 Å². The van der Waals surface area contributed by atoms with Crippen molar-refractivity contribution in [3.05, 3.63) is 29.3 Å². The third-order valence-corrected chi connectivity index (χ3v) is 3.53. The summed E-state index contributed by atoms with van der Waals surface area (Å²) in [4.78, 5) is 23.0. The average molecular weight is 323 g/mol. The van der Waals surface area contributed by atoms with Gasteiger partial charge >= 0.3 is 12.1 Å². The van der Waals surface area contributed by atoms with Crippen LogP contribution in [0.3, 0.4) is 0 Å². The lowest BCUT2D eigenvalue weighted by molar-refractivity contribution is -0.150. The molecule has 23 heavy (non-hydrogen) atoms. The Balaban J connectivity index is 3.09. The summed E-state index contributed by atoms with van der Waals surface area (Å²) in [5.41, 5.74) is 0.296. The van der Waals surface area contributed by atoms with E-state index < -0.39 is 29.2 Å². The standard InChI is InChI=1S/C17H25NO5/c1-10-7-8-11(17(5,6)13(19)14(20)21)9-12(10)18-15(22)23-16(2,3)4/h7-9,13,19H,1-6H3,(H,18,22)(H,20,21). The van der Waals surface area contributed by atoms with Crippen LogP contribution in [0.1, 0.15) is 45.7 Å². The minimum absolute atomic E-state index is 0.516. The highest BCUT2D eigenvalue weighted by Gasteiger charge is 2.35. The van der Waals surface area contributed by atoms with Gasteiger partial charge in [0.1, 0.15) is 5.60 Å². The number of aliphatic carboxylic acids is 1. The highest BCUT2D eigenvalue weighted by atomic mass is 16.6. The Morgan fingerprint density at radius 3 is 2.22 bits per heavy atom. The van der Waals surface area contributed by atoms with E-state index in [1.807, 2.05) is 6.92 Å². The van der Waals surface area contributed by atoms with Crippen molar-refractivity contribution in [3.63, 3.8) is 0 Å². The zero-order valence-corrected chi connectivity index (χ0v) is 14.4. The van der Waals surface area contributed by atoms with Crippen molar-refractivity contribution in [3.8, 4) is 0 Å². The van der Waals surface area contributed by atoms with E-state index in [4.69, 9.17) is 9.84 Å². The minimum atomic E-state index is -1.56. The number of aliphatic hydroxyl groups excluding tert-OH is 1. The molecular formula is C17H25NO5. The van der Waals surface area contributed by atoms with Crippen molar-refractivity contribution >= 4 is 17.7 Å². The molecule has 0 heterocycles. The largest absolute Gasteiger partial charge is 0.479 e. The molecule has 1 atom stereocenters. The predicted octanol–water partition coefficient (Wildman–Crippen LogP) is 3.07. The average Bonchev–Trinajstić information content (AvgIpc) is 2.37. The van der Waals surface area contributed by atoms with Crippen LogP contribution in [0.15, 0.2) is 18.2 Å². The van der Waals surface area contributed by atoms with Crippen molar-refractivity contribution in [1.82, 2.24) is 0 Å². The zero-order valence-electron chi connectivity index (χ0n) is 14.4. The SMILES string of the molecule is Cc1ccc(C(C)(C)C(O)C(=O)O)cc1NC(=O)OC(C)(C)C. The van der Waals surface area contributed by atoms with E-state index in [-0.39, 0.29) is 0 Å². The molecule has 1 amide bonds. The Hall–Kier alpha value is -2.08. The maximum absolute atomic E-state index is 11.9. The second-order valence-electron chi connectivity index (χ2n) is 7.12. The Morgan fingerprint density at radius 2 is 1.74 bits per heavy atom. The van der Waals surface area contributed by atoms with Crippen LogP contribution in [0, 0.1) is 6.92 Å². The number of carboxylic acids is 1. The van der Waals surface area contributed by atoms with Crippen molar-refractivity contribution in [2.24, 2.45) is 0 Å². The smallest absolute Gasteiger partial charge is 0.412 e. The summed E-state index contributed by atoms with van der Waals surface area (Å²) in [7, 11) is 0. The fraction of sp³-hybridized carbons (Fsp3) is 0.529. The summed E-state index contributed by atoms with van der Waals surface area (Å²) < 4.78 is 5.21. The lowest BCUT2D eigenvalue weighted by Crippen LogP contribution is -2.40. The zero-order chi connectivity index (χ0) is 18.0. The van der Waals surface area contributed by atoms with Crippen LogP contribution in [-0.2, 0) is 14.9 Å². The molecule has 0 saturated carbocycles. The molecule has 1 aromatic carbocycles. The number of aliphatic hydroxyl groups is 1. The van der Waals surface area contributed by atoms with Crippen molar-refractivity contribution in [2.45, 2.75) is 58.7 Å². The maximum atomic E-state index is 11.9. The van der Waals surface area contributed by atoms with E-state index in [1.165, 1.54) is 0 Å². The van der Waals surface area contributed by atoms with E-state index in [9.17, 15) is 14.7 Å². The van der Waals surface area contributed by atoms with E-state index in [1.54, 1.807) is 52.8 Å². The van der Waals surface area contributed by atoms with E-state index >= 15 is 0 Å². The Kier molecular flexibility index (Phi) is 5.43. The number of benzene rings is 1. The van der Waals surface area contributed by atoms with Crippen LogP contribution in [0.2, 0.25) is 0 Å². The Labute approximate surface area is 136 Å². The molecule has 1 rings (SSSR count). The first-order valence-electron chi connectivity index (χ1n) is 7.36. The maximum Gasteiger partial charge on any atom is 0.412 e. The van der Waals surface area contributed by atoms with Crippen molar-refractivity contribution in [2.75, 3.05) is 5.32 Å². The van der Waals surface area contributed by atoms with Gasteiger partial charge < -0.3 is 14.9 Å². The molecule has 0 aliphatic rings. The molecule has 6 nitrogen and oxygen atoms in total. The number of aryl methyl sites for hydroxylation is 1. The molecule has 1 aromatic rings. The number of hydrogen-bond donors (Lipinski definition) is 3. The summed E-state index contributed by atoms with van der Waals surface area (Å²) in [5, 5.41) is 21.6. The van der Waals surface area contributed by atoms with Gasteiger partial charge in [-0.05, 0) is 44.9 Å². The number of amides is 1. The van der Waals surface area contributed by atoms with Gasteiger partial charge in [0, 0.05) is 11.1 Å². The molecule has 6 heteroatoms. The van der Waals surface area contributed by atoms with Crippen molar-refractivity contribution < 1.29 is 24.5 Å². The molecule has 0 saturated heterocycles. The van der Waals surface area contributed by atoms with Gasteiger partial charge in [0.25, 0.3) is 0 Å². The molecular weight excluding hydrogens is 298 g/mol.